The number of ether oxygens (including phenoxy) is 2. The van der Waals surface area contributed by atoms with Crippen molar-refractivity contribution in [3.8, 4) is 11.5 Å². The van der Waals surface area contributed by atoms with Crippen LogP contribution in [0, 0.1) is 0 Å². The Balaban J connectivity index is 1.37. The summed E-state index contributed by atoms with van der Waals surface area (Å²) in [6.45, 7) is 4.07. The average molecular weight is 542 g/mol. The summed E-state index contributed by atoms with van der Waals surface area (Å²) in [4.78, 5) is 14.0. The molecular formula is C26H32ClN7O2S. The van der Waals surface area contributed by atoms with Gasteiger partial charge >= 0.3 is 0 Å². The number of nitrogens with zero attached hydrogens (tertiary/aromatic N) is 4. The van der Waals surface area contributed by atoms with Crippen molar-refractivity contribution in [2.75, 3.05) is 66.9 Å². The van der Waals surface area contributed by atoms with Gasteiger partial charge in [0.25, 0.3) is 0 Å². The highest BCUT2D eigenvalue weighted by molar-refractivity contribution is 7.99. The standard InChI is InChI=1S/C26H32ClN7O2S/c1-35-23-15-22(34-12-10-33(11-13-34)17-8-9-17)24(36-2)14-21(23)30-26-28-16-18(27)25(31-26)29-19-6-4-5-7-20(19)32-37-3/h4-7,14-17,32H,8-13H2,1-3H3,(H2,28,29,30,31). The summed E-state index contributed by atoms with van der Waals surface area (Å²) < 4.78 is 14.8. The summed E-state index contributed by atoms with van der Waals surface area (Å²) in [6, 6.07) is 12.6. The van der Waals surface area contributed by atoms with Gasteiger partial charge in [0.05, 0.1) is 43.2 Å². The minimum Gasteiger partial charge on any atom is -0.494 e. The molecule has 37 heavy (non-hydrogen) atoms. The Bertz CT molecular complexity index is 1240. The molecule has 3 N–H and O–H groups in total. The lowest BCUT2D eigenvalue weighted by molar-refractivity contribution is 0.247. The first-order valence-corrected chi connectivity index (χ1v) is 13.9. The van der Waals surface area contributed by atoms with E-state index in [1.165, 1.54) is 24.8 Å². The molecule has 1 aromatic heterocycles. The molecule has 0 bridgehead atoms. The maximum atomic E-state index is 6.43. The summed E-state index contributed by atoms with van der Waals surface area (Å²) in [5, 5.41) is 7.00. The minimum atomic E-state index is 0.383. The van der Waals surface area contributed by atoms with Crippen LogP contribution >= 0.6 is 23.5 Å². The highest BCUT2D eigenvalue weighted by atomic mass is 35.5. The molecule has 1 saturated carbocycles. The molecule has 2 heterocycles. The largest absolute Gasteiger partial charge is 0.494 e. The molecular weight excluding hydrogens is 510 g/mol. The molecule has 0 spiro atoms. The van der Waals surface area contributed by atoms with Crippen molar-refractivity contribution in [2.45, 2.75) is 18.9 Å². The first-order chi connectivity index (χ1) is 18.1. The fourth-order valence-electron chi connectivity index (χ4n) is 4.55. The second-order valence-electron chi connectivity index (χ2n) is 8.97. The van der Waals surface area contributed by atoms with Gasteiger partial charge in [0.15, 0.2) is 5.82 Å². The Kier molecular flexibility index (Phi) is 7.97. The third-order valence-electron chi connectivity index (χ3n) is 6.60. The zero-order valence-corrected chi connectivity index (χ0v) is 22.8. The molecule has 0 unspecified atom stereocenters. The average Bonchev–Trinajstić information content (AvgIpc) is 3.77. The highest BCUT2D eigenvalue weighted by Crippen LogP contribution is 2.40. The van der Waals surface area contributed by atoms with E-state index >= 15 is 0 Å². The van der Waals surface area contributed by atoms with E-state index in [9.17, 15) is 0 Å². The molecule has 11 heteroatoms. The number of anilines is 6. The number of hydrogen-bond donors (Lipinski definition) is 3. The highest BCUT2D eigenvalue weighted by Gasteiger charge is 2.32. The molecule has 2 aliphatic rings. The topological polar surface area (TPSA) is 86.8 Å². The van der Waals surface area contributed by atoms with Crippen LogP contribution in [0.4, 0.5) is 34.5 Å². The maximum absolute atomic E-state index is 6.43. The van der Waals surface area contributed by atoms with Crippen LogP contribution in [-0.4, -0.2) is 67.6 Å². The van der Waals surface area contributed by atoms with Crippen molar-refractivity contribution in [3.05, 3.63) is 47.6 Å². The van der Waals surface area contributed by atoms with Crippen molar-refractivity contribution in [3.63, 3.8) is 0 Å². The molecule has 1 saturated heterocycles. The van der Waals surface area contributed by atoms with Gasteiger partial charge in [0.2, 0.25) is 5.95 Å². The van der Waals surface area contributed by atoms with Gasteiger partial charge in [-0.15, -0.1) is 0 Å². The molecule has 0 radical (unpaired) electrons. The smallest absolute Gasteiger partial charge is 0.229 e. The fourth-order valence-corrected chi connectivity index (χ4v) is 5.08. The van der Waals surface area contributed by atoms with E-state index in [4.69, 9.17) is 21.1 Å². The maximum Gasteiger partial charge on any atom is 0.229 e. The predicted octanol–water partition coefficient (Wildman–Crippen LogP) is 5.61. The van der Waals surface area contributed by atoms with Gasteiger partial charge in [0.1, 0.15) is 16.5 Å². The normalized spacial score (nSPS) is 15.8. The van der Waals surface area contributed by atoms with Crippen LogP contribution in [0.3, 0.4) is 0 Å². The summed E-state index contributed by atoms with van der Waals surface area (Å²) >= 11 is 7.94. The van der Waals surface area contributed by atoms with Crippen LogP contribution < -0.4 is 29.7 Å². The van der Waals surface area contributed by atoms with Crippen LogP contribution in [0.5, 0.6) is 11.5 Å². The molecule has 1 aliphatic heterocycles. The Morgan fingerprint density at radius 3 is 2.35 bits per heavy atom. The summed E-state index contributed by atoms with van der Waals surface area (Å²) in [6.07, 6.45) is 6.21. The van der Waals surface area contributed by atoms with Crippen LogP contribution in [0.2, 0.25) is 5.02 Å². The molecule has 0 amide bonds. The monoisotopic (exact) mass is 541 g/mol. The number of para-hydroxylation sites is 2. The van der Waals surface area contributed by atoms with E-state index in [1.54, 1.807) is 20.4 Å². The number of piperazine rings is 1. The Morgan fingerprint density at radius 1 is 0.946 bits per heavy atom. The van der Waals surface area contributed by atoms with Gasteiger partial charge in [-0.25, -0.2) is 4.98 Å². The van der Waals surface area contributed by atoms with E-state index in [2.05, 4.69) is 35.1 Å². The predicted molar refractivity (Wildman–Crippen MR) is 154 cm³/mol. The Hall–Kier alpha value is -3.08. The Morgan fingerprint density at radius 2 is 1.68 bits per heavy atom. The molecule has 1 aliphatic carbocycles. The van der Waals surface area contributed by atoms with Crippen molar-refractivity contribution < 1.29 is 9.47 Å². The molecule has 2 fully saturated rings. The van der Waals surface area contributed by atoms with E-state index in [0.717, 1.165) is 55.0 Å². The number of nitrogens with one attached hydrogen (secondary N) is 3. The number of benzene rings is 2. The van der Waals surface area contributed by atoms with E-state index in [0.29, 0.717) is 28.2 Å². The van der Waals surface area contributed by atoms with E-state index in [-0.39, 0.29) is 0 Å². The zero-order valence-electron chi connectivity index (χ0n) is 21.3. The summed E-state index contributed by atoms with van der Waals surface area (Å²) in [5.74, 6) is 2.33. The van der Waals surface area contributed by atoms with Crippen molar-refractivity contribution in [1.29, 1.82) is 0 Å². The third-order valence-corrected chi connectivity index (χ3v) is 7.30. The molecule has 3 aromatic rings. The van der Waals surface area contributed by atoms with Crippen LogP contribution in [0.25, 0.3) is 0 Å². The molecule has 5 rings (SSSR count). The van der Waals surface area contributed by atoms with Crippen molar-refractivity contribution in [2.24, 2.45) is 0 Å². The van der Waals surface area contributed by atoms with Gasteiger partial charge in [-0.3, -0.25) is 4.90 Å². The number of hydrogen-bond acceptors (Lipinski definition) is 10. The molecule has 196 valence electrons. The van der Waals surface area contributed by atoms with E-state index in [1.807, 2.05) is 42.7 Å². The summed E-state index contributed by atoms with van der Waals surface area (Å²) in [7, 11) is 3.35. The van der Waals surface area contributed by atoms with E-state index < -0.39 is 0 Å². The molecule has 0 atom stereocenters. The van der Waals surface area contributed by atoms with Gasteiger partial charge in [0, 0.05) is 50.6 Å². The second-order valence-corrected chi connectivity index (χ2v) is 9.99. The number of rotatable bonds is 10. The minimum absolute atomic E-state index is 0.383. The lowest BCUT2D eigenvalue weighted by Gasteiger charge is -2.37. The van der Waals surface area contributed by atoms with Crippen molar-refractivity contribution in [1.82, 2.24) is 14.9 Å². The lowest BCUT2D eigenvalue weighted by atomic mass is 10.2. The van der Waals surface area contributed by atoms with Crippen LogP contribution in [0.1, 0.15) is 12.8 Å². The van der Waals surface area contributed by atoms with Crippen molar-refractivity contribution >= 4 is 58.1 Å². The molecule has 9 nitrogen and oxygen atoms in total. The fraction of sp³-hybridized carbons (Fsp3) is 0.385. The second kappa shape index (κ2) is 11.5. The first kappa shape index (κ1) is 25.6. The van der Waals surface area contributed by atoms with Gasteiger partial charge < -0.3 is 29.7 Å². The third kappa shape index (κ3) is 5.92. The van der Waals surface area contributed by atoms with Gasteiger partial charge in [-0.2, -0.15) is 4.98 Å². The number of aromatic nitrogens is 2. The van der Waals surface area contributed by atoms with Gasteiger partial charge in [-0.05, 0) is 25.0 Å². The lowest BCUT2D eigenvalue weighted by Crippen LogP contribution is -2.47. The SMILES string of the molecule is COc1cc(N2CCN(C3CC3)CC2)c(OC)cc1Nc1ncc(Cl)c(Nc2ccccc2NSC)n1. The first-order valence-electron chi connectivity index (χ1n) is 12.3. The quantitative estimate of drug-likeness (QED) is 0.281. The zero-order chi connectivity index (χ0) is 25.8. The summed E-state index contributed by atoms with van der Waals surface area (Å²) in [5.41, 5.74) is 3.52. The number of halogens is 1. The Labute approximate surface area is 227 Å². The molecule has 2 aromatic carbocycles. The van der Waals surface area contributed by atoms with Crippen LogP contribution in [-0.2, 0) is 0 Å². The van der Waals surface area contributed by atoms with Gasteiger partial charge in [-0.1, -0.05) is 35.7 Å². The van der Waals surface area contributed by atoms with Crippen LogP contribution in [0.15, 0.2) is 42.6 Å². The number of methoxy groups -OCH3 is 2.